The predicted octanol–water partition coefficient (Wildman–Crippen LogP) is 3.05. The van der Waals surface area contributed by atoms with Crippen molar-refractivity contribution in [1.29, 1.82) is 0 Å². The maximum Gasteiger partial charge on any atom is 0.408 e. The highest BCUT2D eigenvalue weighted by Crippen LogP contribution is 2.10. The zero-order valence-corrected chi connectivity index (χ0v) is 13.4. The van der Waals surface area contributed by atoms with Gasteiger partial charge in [-0.3, -0.25) is 0 Å². The molecule has 5 heteroatoms. The SMILES string of the molecule is CCOC(=O)/C=C/[C@@H](CC(C)C)NC(=O)OC(C)(C)C. The second-order valence-electron chi connectivity index (χ2n) is 5.99. The zero-order chi connectivity index (χ0) is 15.8. The highest BCUT2D eigenvalue weighted by atomic mass is 16.6. The molecule has 0 saturated heterocycles. The first-order valence-corrected chi connectivity index (χ1v) is 6.98. The van der Waals surface area contributed by atoms with Crippen LogP contribution in [0.5, 0.6) is 0 Å². The van der Waals surface area contributed by atoms with Gasteiger partial charge in [-0.2, -0.15) is 0 Å². The number of carbonyl (C=O) groups is 2. The molecule has 0 unspecified atom stereocenters. The molecule has 0 aliphatic heterocycles. The van der Waals surface area contributed by atoms with E-state index in [1.165, 1.54) is 6.08 Å². The van der Waals surface area contributed by atoms with Crippen molar-refractivity contribution in [2.24, 2.45) is 5.92 Å². The molecule has 0 heterocycles. The average molecular weight is 285 g/mol. The van der Waals surface area contributed by atoms with Gasteiger partial charge in [0.15, 0.2) is 0 Å². The Labute approximate surface area is 121 Å². The molecule has 0 spiro atoms. The largest absolute Gasteiger partial charge is 0.463 e. The summed E-state index contributed by atoms with van der Waals surface area (Å²) >= 11 is 0. The number of hydrogen-bond donors (Lipinski definition) is 1. The van der Waals surface area contributed by atoms with Gasteiger partial charge < -0.3 is 14.8 Å². The van der Waals surface area contributed by atoms with Gasteiger partial charge in [-0.1, -0.05) is 19.9 Å². The molecule has 1 N–H and O–H groups in total. The van der Waals surface area contributed by atoms with Gasteiger partial charge in [0.25, 0.3) is 0 Å². The van der Waals surface area contributed by atoms with Gasteiger partial charge in [0.05, 0.1) is 12.6 Å². The van der Waals surface area contributed by atoms with Crippen LogP contribution in [0.25, 0.3) is 0 Å². The van der Waals surface area contributed by atoms with Crippen LogP contribution in [0.4, 0.5) is 4.79 Å². The van der Waals surface area contributed by atoms with Crippen molar-refractivity contribution in [3.63, 3.8) is 0 Å². The Morgan fingerprint density at radius 1 is 1.25 bits per heavy atom. The molecule has 0 aliphatic carbocycles. The second-order valence-corrected chi connectivity index (χ2v) is 5.99. The minimum atomic E-state index is -0.544. The minimum Gasteiger partial charge on any atom is -0.463 e. The lowest BCUT2D eigenvalue weighted by atomic mass is 10.0. The molecule has 1 atom stereocenters. The lowest BCUT2D eigenvalue weighted by Gasteiger charge is -2.23. The molecule has 0 aromatic heterocycles. The standard InChI is InChI=1S/C15H27NO4/c1-7-19-13(17)9-8-12(10-11(2)3)16-14(18)20-15(4,5)6/h8-9,11-12H,7,10H2,1-6H3,(H,16,18)/b9-8+/t12-/m0/s1. The maximum atomic E-state index is 11.7. The van der Waals surface area contributed by atoms with Crippen LogP contribution in [-0.2, 0) is 14.3 Å². The van der Waals surface area contributed by atoms with Crippen molar-refractivity contribution < 1.29 is 19.1 Å². The first kappa shape index (κ1) is 18.5. The lowest BCUT2D eigenvalue weighted by Crippen LogP contribution is -2.38. The quantitative estimate of drug-likeness (QED) is 0.602. The van der Waals surface area contributed by atoms with Gasteiger partial charge in [0.1, 0.15) is 5.60 Å². The fourth-order valence-electron chi connectivity index (χ4n) is 1.54. The Morgan fingerprint density at radius 2 is 1.85 bits per heavy atom. The molecule has 5 nitrogen and oxygen atoms in total. The molecule has 0 rings (SSSR count). The summed E-state index contributed by atoms with van der Waals surface area (Å²) in [5.74, 6) is -0.0333. The lowest BCUT2D eigenvalue weighted by molar-refractivity contribution is -0.137. The smallest absolute Gasteiger partial charge is 0.408 e. The summed E-state index contributed by atoms with van der Waals surface area (Å²) in [4.78, 5) is 23.0. The van der Waals surface area contributed by atoms with E-state index in [0.717, 1.165) is 6.42 Å². The van der Waals surface area contributed by atoms with Crippen molar-refractivity contribution >= 4 is 12.1 Å². The van der Waals surface area contributed by atoms with E-state index in [4.69, 9.17) is 9.47 Å². The van der Waals surface area contributed by atoms with Crippen molar-refractivity contribution in [1.82, 2.24) is 5.32 Å². The summed E-state index contributed by atoms with van der Waals surface area (Å²) < 4.78 is 10.0. The van der Waals surface area contributed by atoms with Crippen LogP contribution < -0.4 is 5.32 Å². The van der Waals surface area contributed by atoms with Crippen LogP contribution in [0.3, 0.4) is 0 Å². The molecule has 116 valence electrons. The number of esters is 1. The van der Waals surface area contributed by atoms with E-state index < -0.39 is 17.7 Å². The molecule has 0 bridgehead atoms. The monoisotopic (exact) mass is 285 g/mol. The minimum absolute atomic E-state index is 0.255. The summed E-state index contributed by atoms with van der Waals surface area (Å²) in [5.41, 5.74) is -0.544. The molecule has 0 aliphatic rings. The Morgan fingerprint density at radius 3 is 2.30 bits per heavy atom. The average Bonchev–Trinajstić information content (AvgIpc) is 2.22. The molecular weight excluding hydrogens is 258 g/mol. The van der Waals surface area contributed by atoms with E-state index >= 15 is 0 Å². The van der Waals surface area contributed by atoms with Gasteiger partial charge >= 0.3 is 12.1 Å². The van der Waals surface area contributed by atoms with Crippen LogP contribution in [0.15, 0.2) is 12.2 Å². The van der Waals surface area contributed by atoms with E-state index in [2.05, 4.69) is 5.32 Å². The fourth-order valence-corrected chi connectivity index (χ4v) is 1.54. The summed E-state index contributed by atoms with van der Waals surface area (Å²) in [6.45, 7) is 11.6. The normalized spacial score (nSPS) is 13.3. The Bertz CT molecular complexity index is 342. The summed E-state index contributed by atoms with van der Waals surface area (Å²) in [5, 5.41) is 2.75. The highest BCUT2D eigenvalue weighted by molar-refractivity contribution is 5.82. The van der Waals surface area contributed by atoms with E-state index in [0.29, 0.717) is 12.5 Å². The van der Waals surface area contributed by atoms with Crippen molar-refractivity contribution in [2.45, 2.75) is 59.6 Å². The number of ether oxygens (including phenoxy) is 2. The van der Waals surface area contributed by atoms with Crippen molar-refractivity contribution in [2.75, 3.05) is 6.61 Å². The third-order valence-corrected chi connectivity index (χ3v) is 2.18. The number of carbonyl (C=O) groups excluding carboxylic acids is 2. The Hall–Kier alpha value is -1.52. The zero-order valence-electron chi connectivity index (χ0n) is 13.4. The topological polar surface area (TPSA) is 64.6 Å². The van der Waals surface area contributed by atoms with Crippen LogP contribution in [-0.4, -0.2) is 30.3 Å². The van der Waals surface area contributed by atoms with E-state index in [1.807, 2.05) is 13.8 Å². The van der Waals surface area contributed by atoms with Gasteiger partial charge in [0.2, 0.25) is 0 Å². The number of alkyl carbamates (subject to hydrolysis) is 1. The summed E-state index contributed by atoms with van der Waals surface area (Å²) in [6.07, 6.45) is 3.21. The van der Waals surface area contributed by atoms with Crippen molar-refractivity contribution in [3.8, 4) is 0 Å². The van der Waals surface area contributed by atoms with Gasteiger partial charge in [-0.25, -0.2) is 9.59 Å². The molecule has 0 fully saturated rings. The second kappa shape index (κ2) is 8.61. The molecule has 20 heavy (non-hydrogen) atoms. The van der Waals surface area contributed by atoms with Gasteiger partial charge in [0, 0.05) is 6.08 Å². The molecule has 0 radical (unpaired) electrons. The van der Waals surface area contributed by atoms with Crippen LogP contribution in [0, 0.1) is 5.92 Å². The van der Waals surface area contributed by atoms with E-state index in [1.54, 1.807) is 33.8 Å². The molecule has 0 saturated carbocycles. The Kier molecular flexibility index (Phi) is 7.96. The molecular formula is C15H27NO4. The molecule has 1 amide bonds. The first-order chi connectivity index (χ1) is 9.14. The fraction of sp³-hybridized carbons (Fsp3) is 0.733. The highest BCUT2D eigenvalue weighted by Gasteiger charge is 2.19. The number of rotatable bonds is 6. The summed E-state index contributed by atoms with van der Waals surface area (Å²) in [7, 11) is 0. The van der Waals surface area contributed by atoms with E-state index in [-0.39, 0.29) is 6.04 Å². The van der Waals surface area contributed by atoms with Crippen LogP contribution in [0.1, 0.15) is 48.0 Å². The van der Waals surface area contributed by atoms with Crippen LogP contribution >= 0.6 is 0 Å². The molecule has 0 aromatic rings. The third-order valence-electron chi connectivity index (χ3n) is 2.18. The van der Waals surface area contributed by atoms with Crippen molar-refractivity contribution in [3.05, 3.63) is 12.2 Å². The third kappa shape index (κ3) is 10.4. The summed E-state index contributed by atoms with van der Waals surface area (Å²) in [6, 6.07) is -0.255. The van der Waals surface area contributed by atoms with E-state index in [9.17, 15) is 9.59 Å². The Balaban J connectivity index is 4.56. The van der Waals surface area contributed by atoms with Gasteiger partial charge in [-0.05, 0) is 40.0 Å². The number of nitrogens with one attached hydrogen (secondary N) is 1. The van der Waals surface area contributed by atoms with Gasteiger partial charge in [-0.15, -0.1) is 0 Å². The van der Waals surface area contributed by atoms with Crippen LogP contribution in [0.2, 0.25) is 0 Å². The number of amides is 1. The molecule has 0 aromatic carbocycles. The maximum absolute atomic E-state index is 11.7. The first-order valence-electron chi connectivity index (χ1n) is 6.98. The predicted molar refractivity (Wildman–Crippen MR) is 78.4 cm³/mol. The number of hydrogen-bond acceptors (Lipinski definition) is 4.